The average Bonchev–Trinajstić information content (AvgIpc) is 3.79. The molecule has 1 radical (unpaired) electrons. The van der Waals surface area contributed by atoms with Crippen molar-refractivity contribution in [2.24, 2.45) is 0 Å². The number of halogens is 1. The molecule has 1 heterocycles. The van der Waals surface area contributed by atoms with Gasteiger partial charge in [0, 0.05) is 63.7 Å². The summed E-state index contributed by atoms with van der Waals surface area (Å²) in [7, 11) is -4.22. The molecule has 3 atom stereocenters. The molecule has 3 unspecified atom stereocenters. The van der Waals surface area contributed by atoms with E-state index in [1.165, 1.54) is 29.2 Å². The first-order chi connectivity index (χ1) is 32.9. The number of likely N-dealkylation sites (tertiary alicyclic amines) is 1. The molecule has 5 amide bonds. The van der Waals surface area contributed by atoms with Crippen molar-refractivity contribution < 1.29 is 60.2 Å². The van der Waals surface area contributed by atoms with Crippen LogP contribution >= 0.6 is 0 Å². The predicted octanol–water partition coefficient (Wildman–Crippen LogP) is 0.988. The Bertz CT molecular complexity index is 2090. The lowest BCUT2D eigenvalue weighted by atomic mass is 9.86. The SMILES string of the molecule is CCCN(CCN(CC=O)CCN(CCC)CC(=O)NCCCCC(NC(=O)CCc1ccc(OS(=O)(=O)F)cc1)C(=O)NCc1cccc(C(=O)NC(C)C(=O)N2CCCC2[B]O)c1)CC(=O)O. The molecule has 0 spiro atoms. The topological polar surface area (TPSA) is 264 Å². The third-order valence-electron chi connectivity index (χ3n) is 11.4. The highest BCUT2D eigenvalue weighted by Gasteiger charge is 2.32. The average molecular weight is 988 g/mol. The number of benzene rings is 2. The minimum absolute atomic E-state index is 0.00483. The number of hydrogen-bond donors (Lipinski definition) is 6. The summed E-state index contributed by atoms with van der Waals surface area (Å²) in [5.41, 5.74) is 1.46. The maximum absolute atomic E-state index is 13.7. The summed E-state index contributed by atoms with van der Waals surface area (Å²) in [6.07, 6.45) is 5.07. The second-order valence-corrected chi connectivity index (χ2v) is 18.0. The molecule has 20 nitrogen and oxygen atoms in total. The Balaban J connectivity index is 1.58. The number of nitrogens with zero attached hydrogens (tertiary/aromatic N) is 4. The van der Waals surface area contributed by atoms with E-state index in [1.807, 2.05) is 28.5 Å². The third kappa shape index (κ3) is 22.7. The largest absolute Gasteiger partial charge is 0.488 e. The fraction of sp³-hybridized carbons (Fsp3) is 0.587. The lowest BCUT2D eigenvalue weighted by Gasteiger charge is -2.28. The van der Waals surface area contributed by atoms with E-state index in [9.17, 15) is 56.0 Å². The van der Waals surface area contributed by atoms with Crippen LogP contribution in [0.3, 0.4) is 0 Å². The minimum atomic E-state index is -5.20. The summed E-state index contributed by atoms with van der Waals surface area (Å²) in [6.45, 7) is 9.83. The van der Waals surface area contributed by atoms with Crippen LogP contribution in [0.2, 0.25) is 0 Å². The van der Waals surface area contributed by atoms with Gasteiger partial charge in [-0.1, -0.05) is 42.0 Å². The third-order valence-corrected chi connectivity index (χ3v) is 11.8. The normalized spacial score (nSPS) is 14.6. The maximum Gasteiger partial charge on any atom is 0.488 e. The smallest absolute Gasteiger partial charge is 0.480 e. The van der Waals surface area contributed by atoms with Gasteiger partial charge in [-0.05, 0) is 107 Å². The van der Waals surface area contributed by atoms with Gasteiger partial charge in [-0.25, -0.2) is 0 Å². The highest BCUT2D eigenvalue weighted by Crippen LogP contribution is 2.18. The first kappa shape index (κ1) is 57.8. The number of carboxylic acids is 1. The molecule has 1 fully saturated rings. The lowest BCUT2D eigenvalue weighted by Crippen LogP contribution is -2.50. The van der Waals surface area contributed by atoms with E-state index in [2.05, 4.69) is 25.5 Å². The molecule has 69 heavy (non-hydrogen) atoms. The van der Waals surface area contributed by atoms with Crippen LogP contribution in [0.25, 0.3) is 0 Å². The summed E-state index contributed by atoms with van der Waals surface area (Å²) >= 11 is 0. The second-order valence-electron chi connectivity index (χ2n) is 17.0. The van der Waals surface area contributed by atoms with E-state index in [1.54, 1.807) is 31.2 Å². The molecule has 0 saturated carbocycles. The van der Waals surface area contributed by atoms with Crippen LogP contribution in [0.4, 0.5) is 3.89 Å². The molecule has 1 aliphatic heterocycles. The molecule has 1 saturated heterocycles. The van der Waals surface area contributed by atoms with Gasteiger partial charge >= 0.3 is 24.0 Å². The van der Waals surface area contributed by atoms with Crippen LogP contribution < -0.4 is 25.5 Å². The zero-order valence-electron chi connectivity index (χ0n) is 39.9. The Morgan fingerprint density at radius 3 is 2.17 bits per heavy atom. The first-order valence-corrected chi connectivity index (χ1v) is 24.8. The van der Waals surface area contributed by atoms with Gasteiger partial charge < -0.3 is 45.3 Å². The molecule has 2 aromatic carbocycles. The molecule has 2 aromatic rings. The van der Waals surface area contributed by atoms with E-state index in [4.69, 9.17) is 0 Å². The van der Waals surface area contributed by atoms with Gasteiger partial charge in [0.1, 0.15) is 24.1 Å². The van der Waals surface area contributed by atoms with Crippen LogP contribution in [-0.2, 0) is 52.2 Å². The molecule has 0 aromatic heterocycles. The standard InChI is InChI=1S/C46H69BFN8O12S/c1-4-21-54(26-24-53(28-29-57)25-27-55(22-5-2)33-43(60)61)32-42(59)49-20-7-6-12-39(52-41(58)19-16-35-14-17-38(18-15-35)68-69(48,66)67)45(63)50-31-36-10-8-11-37(30-36)44(62)51-34(3)46(64)56-23-9-13-40(56)47-65/h8,10-11,14-15,17-18,29-30,34,39-40,65H,4-7,9,12-13,16,19-28,31-33H2,1-3H3,(H,49,59)(H,50,63)(H,51,62)(H,52,58)(H,60,61). The van der Waals surface area contributed by atoms with E-state index in [-0.39, 0.29) is 68.6 Å². The number of aliphatic carboxylic acids is 1. The van der Waals surface area contributed by atoms with Gasteiger partial charge in [0.15, 0.2) is 0 Å². The predicted molar refractivity (Wildman–Crippen MR) is 256 cm³/mol. The fourth-order valence-corrected chi connectivity index (χ4v) is 8.20. The van der Waals surface area contributed by atoms with E-state index < -0.39 is 52.2 Å². The van der Waals surface area contributed by atoms with Crippen molar-refractivity contribution in [1.82, 2.24) is 40.9 Å². The summed E-state index contributed by atoms with van der Waals surface area (Å²) in [6, 6.07) is 10.1. The van der Waals surface area contributed by atoms with Gasteiger partial charge in [-0.3, -0.25) is 43.5 Å². The summed E-state index contributed by atoms with van der Waals surface area (Å²) in [5.74, 6) is -3.51. The summed E-state index contributed by atoms with van der Waals surface area (Å²) in [4.78, 5) is 96.0. The van der Waals surface area contributed by atoms with E-state index >= 15 is 0 Å². The molecule has 1 aliphatic rings. The number of carboxylic acid groups (broad SMARTS) is 1. The summed E-state index contributed by atoms with van der Waals surface area (Å²) in [5, 5.41) is 30.0. The van der Waals surface area contributed by atoms with Gasteiger partial charge in [0.2, 0.25) is 23.6 Å². The Morgan fingerprint density at radius 2 is 1.55 bits per heavy atom. The Morgan fingerprint density at radius 1 is 0.884 bits per heavy atom. The zero-order chi connectivity index (χ0) is 50.8. The van der Waals surface area contributed by atoms with E-state index in [0.717, 1.165) is 33.0 Å². The Hall–Kier alpha value is -5.49. The van der Waals surface area contributed by atoms with Crippen molar-refractivity contribution >= 4 is 59.8 Å². The number of rotatable bonds is 34. The second kappa shape index (κ2) is 30.9. The van der Waals surface area contributed by atoms with Crippen molar-refractivity contribution in [2.45, 2.75) is 103 Å². The molecule has 6 N–H and O–H groups in total. The monoisotopic (exact) mass is 987 g/mol. The van der Waals surface area contributed by atoms with Crippen LogP contribution in [0.1, 0.15) is 93.6 Å². The van der Waals surface area contributed by atoms with Gasteiger partial charge in [-0.2, -0.15) is 8.42 Å². The lowest BCUT2D eigenvalue weighted by molar-refractivity contribution is -0.138. The van der Waals surface area contributed by atoms with Gasteiger partial charge in [0.05, 0.1) is 19.6 Å². The van der Waals surface area contributed by atoms with Crippen LogP contribution in [0.15, 0.2) is 48.5 Å². The van der Waals surface area contributed by atoms with Crippen molar-refractivity contribution in [3.63, 3.8) is 0 Å². The fourth-order valence-electron chi connectivity index (χ4n) is 7.86. The molecule has 381 valence electrons. The molecular formula is C46H69BFN8O12S. The minimum Gasteiger partial charge on any atom is -0.480 e. The number of hydrogen-bond acceptors (Lipinski definition) is 14. The molecule has 3 rings (SSSR count). The highest BCUT2D eigenvalue weighted by molar-refractivity contribution is 7.81. The number of amides is 5. The number of aldehydes is 1. The van der Waals surface area contributed by atoms with Gasteiger partial charge in [0.25, 0.3) is 5.91 Å². The van der Waals surface area contributed by atoms with Crippen molar-refractivity contribution in [1.29, 1.82) is 0 Å². The Labute approximate surface area is 405 Å². The maximum atomic E-state index is 13.7. The van der Waals surface area contributed by atoms with Crippen molar-refractivity contribution in [3.8, 4) is 5.75 Å². The van der Waals surface area contributed by atoms with Crippen molar-refractivity contribution in [3.05, 3.63) is 65.2 Å². The first-order valence-electron chi connectivity index (χ1n) is 23.5. The Kier molecular flexibility index (Phi) is 25.9. The van der Waals surface area contributed by atoms with E-state index in [0.29, 0.717) is 82.7 Å². The van der Waals surface area contributed by atoms with Crippen LogP contribution in [-0.4, -0.2) is 177 Å². The highest BCUT2D eigenvalue weighted by atomic mass is 32.3. The number of carbonyl (C=O) groups excluding carboxylic acids is 6. The van der Waals surface area contributed by atoms with Crippen LogP contribution in [0.5, 0.6) is 5.75 Å². The molecule has 0 bridgehead atoms. The number of aryl methyl sites for hydroxylation is 1. The van der Waals surface area contributed by atoms with Crippen molar-refractivity contribution in [2.75, 3.05) is 72.0 Å². The number of carbonyl (C=O) groups is 7. The van der Waals surface area contributed by atoms with Crippen LogP contribution in [0, 0.1) is 0 Å². The zero-order valence-corrected chi connectivity index (χ0v) is 40.7. The molecule has 23 heteroatoms. The quantitative estimate of drug-likeness (QED) is 0.0247. The van der Waals surface area contributed by atoms with Gasteiger partial charge in [-0.15, -0.1) is 0 Å². The summed E-state index contributed by atoms with van der Waals surface area (Å²) < 4.78 is 38.8. The number of unbranched alkanes of at least 4 members (excludes halogenated alkanes) is 1. The molecule has 0 aliphatic carbocycles. The molecular weight excluding hydrogens is 918 g/mol. The number of nitrogens with one attached hydrogen (secondary N) is 4.